The first-order valence-electron chi connectivity index (χ1n) is 7.97. The summed E-state index contributed by atoms with van der Waals surface area (Å²) in [5.74, 6) is -2.82. The molecule has 0 aliphatic rings. The Kier molecular flexibility index (Phi) is 5.28. The number of aromatic nitrogens is 1. The molecule has 0 spiro atoms. The van der Waals surface area contributed by atoms with Gasteiger partial charge in [0.05, 0.1) is 7.11 Å². The molecule has 2 N–H and O–H groups in total. The number of ketones is 1. The van der Waals surface area contributed by atoms with E-state index in [0.717, 1.165) is 18.7 Å². The second kappa shape index (κ2) is 7.63. The first-order chi connectivity index (χ1) is 12.9. The van der Waals surface area contributed by atoms with E-state index in [2.05, 4.69) is 9.72 Å². The van der Waals surface area contributed by atoms with Gasteiger partial charge >= 0.3 is 5.97 Å². The zero-order chi connectivity index (χ0) is 19.6. The monoisotopic (exact) mass is 387 g/mol. The van der Waals surface area contributed by atoms with E-state index in [1.807, 2.05) is 0 Å². The van der Waals surface area contributed by atoms with Crippen LogP contribution in [0.4, 0.5) is 4.39 Å². The van der Waals surface area contributed by atoms with Crippen LogP contribution < -0.4 is 0 Å². The Balaban J connectivity index is 2.11. The van der Waals surface area contributed by atoms with Crippen LogP contribution >= 0.6 is 11.6 Å². The predicted molar refractivity (Wildman–Crippen MR) is 100 cm³/mol. The van der Waals surface area contributed by atoms with Gasteiger partial charge in [0.1, 0.15) is 11.6 Å². The molecule has 0 aliphatic heterocycles. The van der Waals surface area contributed by atoms with Crippen LogP contribution in [0.3, 0.4) is 0 Å². The molecule has 0 unspecified atom stereocenters. The summed E-state index contributed by atoms with van der Waals surface area (Å²) in [4.78, 5) is 26.3. The van der Waals surface area contributed by atoms with Crippen LogP contribution in [-0.4, -0.2) is 29.0 Å². The molecule has 0 saturated heterocycles. The van der Waals surface area contributed by atoms with E-state index in [9.17, 15) is 19.1 Å². The van der Waals surface area contributed by atoms with Gasteiger partial charge in [0, 0.05) is 39.7 Å². The number of rotatable bonds is 5. The number of ether oxygens (including phenoxy) is 1. The molecule has 0 aliphatic carbocycles. The van der Waals surface area contributed by atoms with Crippen LogP contribution in [-0.2, 0) is 20.7 Å². The number of nitrogens with one attached hydrogen (secondary N) is 1. The van der Waals surface area contributed by atoms with E-state index in [0.29, 0.717) is 33.6 Å². The number of methoxy groups -OCH3 is 1. The van der Waals surface area contributed by atoms with Crippen molar-refractivity contribution in [2.45, 2.75) is 6.42 Å². The Hall–Kier alpha value is -3.12. The van der Waals surface area contributed by atoms with Crippen molar-refractivity contribution in [3.8, 4) is 0 Å². The van der Waals surface area contributed by atoms with Gasteiger partial charge in [-0.1, -0.05) is 23.7 Å². The lowest BCUT2D eigenvalue weighted by Crippen LogP contribution is -2.13. The van der Waals surface area contributed by atoms with Gasteiger partial charge in [-0.3, -0.25) is 4.79 Å². The van der Waals surface area contributed by atoms with E-state index in [4.69, 9.17) is 11.6 Å². The number of carbonyl (C=O) groups is 2. The smallest absolute Gasteiger partial charge is 0.378 e. The van der Waals surface area contributed by atoms with Crippen molar-refractivity contribution in [3.05, 3.63) is 76.2 Å². The molecule has 5 nitrogen and oxygen atoms in total. The molecule has 0 fully saturated rings. The van der Waals surface area contributed by atoms with Crippen LogP contribution in [0.25, 0.3) is 16.7 Å². The molecule has 0 amide bonds. The summed E-state index contributed by atoms with van der Waals surface area (Å²) in [6, 6.07) is 11.0. The van der Waals surface area contributed by atoms with Crippen LogP contribution in [0.5, 0.6) is 0 Å². The SMILES string of the molecule is COC(=O)C(=O)C=C(O)c1c(Cc2ccc(F)cc2)[nH]c2ccc(Cl)cc12. The van der Waals surface area contributed by atoms with E-state index in [1.54, 1.807) is 30.3 Å². The first-order valence-corrected chi connectivity index (χ1v) is 8.34. The van der Waals surface area contributed by atoms with Gasteiger partial charge in [-0.25, -0.2) is 9.18 Å². The van der Waals surface area contributed by atoms with E-state index in [1.165, 1.54) is 12.1 Å². The number of H-pyrrole nitrogens is 1. The molecule has 3 aromatic rings. The second-order valence-electron chi connectivity index (χ2n) is 5.86. The van der Waals surface area contributed by atoms with Crippen LogP contribution in [0.2, 0.25) is 5.02 Å². The lowest BCUT2D eigenvalue weighted by Gasteiger charge is -2.05. The zero-order valence-corrected chi connectivity index (χ0v) is 15.0. The molecule has 2 aromatic carbocycles. The Morgan fingerprint density at radius 1 is 1.22 bits per heavy atom. The van der Waals surface area contributed by atoms with Crippen molar-refractivity contribution in [2.24, 2.45) is 0 Å². The topological polar surface area (TPSA) is 79.4 Å². The number of benzene rings is 2. The van der Waals surface area contributed by atoms with Gasteiger partial charge in [0.15, 0.2) is 0 Å². The molecule has 0 atom stereocenters. The molecule has 3 rings (SSSR count). The summed E-state index contributed by atoms with van der Waals surface area (Å²) in [5.41, 5.74) is 2.42. The minimum Gasteiger partial charge on any atom is -0.507 e. The van der Waals surface area contributed by atoms with Crippen molar-refractivity contribution >= 4 is 40.0 Å². The minimum atomic E-state index is -1.08. The third kappa shape index (κ3) is 4.01. The second-order valence-corrected chi connectivity index (χ2v) is 6.29. The average molecular weight is 388 g/mol. The van der Waals surface area contributed by atoms with E-state index >= 15 is 0 Å². The first kappa shape index (κ1) is 18.7. The molecular weight excluding hydrogens is 373 g/mol. The third-order valence-electron chi connectivity index (χ3n) is 4.04. The highest BCUT2D eigenvalue weighted by molar-refractivity contribution is 6.39. The fourth-order valence-electron chi connectivity index (χ4n) is 2.81. The normalized spacial score (nSPS) is 11.6. The summed E-state index contributed by atoms with van der Waals surface area (Å²) in [6.07, 6.45) is 1.15. The average Bonchev–Trinajstić information content (AvgIpc) is 2.99. The standard InChI is InChI=1S/C20H15ClFNO4/c1-27-20(26)18(25)10-17(24)19-14-9-12(21)4-7-15(14)23-16(19)8-11-2-5-13(22)6-3-11/h2-7,9-10,23-24H,8H2,1H3. The Bertz CT molecular complexity index is 1050. The van der Waals surface area contributed by atoms with Gasteiger partial charge in [0.25, 0.3) is 5.78 Å². The lowest BCUT2D eigenvalue weighted by atomic mass is 10.0. The number of aliphatic hydroxyl groups excluding tert-OH is 1. The zero-order valence-electron chi connectivity index (χ0n) is 14.3. The summed E-state index contributed by atoms with van der Waals surface area (Å²) in [5, 5.41) is 11.6. The lowest BCUT2D eigenvalue weighted by molar-refractivity contribution is -0.149. The molecule has 0 saturated carbocycles. The molecule has 0 bridgehead atoms. The summed E-state index contributed by atoms with van der Waals surface area (Å²) < 4.78 is 17.5. The Morgan fingerprint density at radius 2 is 1.93 bits per heavy atom. The van der Waals surface area contributed by atoms with Gasteiger partial charge in [0.2, 0.25) is 0 Å². The van der Waals surface area contributed by atoms with Crippen LogP contribution in [0.15, 0.2) is 48.5 Å². The highest BCUT2D eigenvalue weighted by Crippen LogP contribution is 2.31. The number of aliphatic hydroxyl groups is 1. The molecule has 27 heavy (non-hydrogen) atoms. The number of halogens is 2. The van der Waals surface area contributed by atoms with Crippen LogP contribution in [0, 0.1) is 5.82 Å². The van der Waals surface area contributed by atoms with Crippen molar-refractivity contribution in [1.29, 1.82) is 0 Å². The van der Waals surface area contributed by atoms with Gasteiger partial charge < -0.3 is 14.8 Å². The third-order valence-corrected chi connectivity index (χ3v) is 4.28. The number of esters is 1. The van der Waals surface area contributed by atoms with Gasteiger partial charge in [-0.15, -0.1) is 0 Å². The van der Waals surface area contributed by atoms with Gasteiger partial charge in [-0.2, -0.15) is 0 Å². The maximum atomic E-state index is 13.1. The predicted octanol–water partition coefficient (Wildman–Crippen LogP) is 4.19. The number of aromatic amines is 1. The van der Waals surface area contributed by atoms with Crippen LogP contribution in [0.1, 0.15) is 16.8 Å². The molecule has 0 radical (unpaired) electrons. The maximum absolute atomic E-state index is 13.1. The van der Waals surface area contributed by atoms with E-state index < -0.39 is 17.5 Å². The summed E-state index contributed by atoms with van der Waals surface area (Å²) in [6.45, 7) is 0. The van der Waals surface area contributed by atoms with E-state index in [-0.39, 0.29) is 5.82 Å². The molecule has 138 valence electrons. The van der Waals surface area contributed by atoms with Gasteiger partial charge in [-0.05, 0) is 35.9 Å². The fraction of sp³-hybridized carbons (Fsp3) is 0.100. The molecule has 7 heteroatoms. The highest BCUT2D eigenvalue weighted by Gasteiger charge is 2.19. The van der Waals surface area contributed by atoms with Crippen molar-refractivity contribution in [3.63, 3.8) is 0 Å². The van der Waals surface area contributed by atoms with Crippen molar-refractivity contribution in [2.75, 3.05) is 7.11 Å². The Labute approximate surface area is 159 Å². The van der Waals surface area contributed by atoms with Crippen molar-refractivity contribution < 1.29 is 23.8 Å². The largest absolute Gasteiger partial charge is 0.507 e. The highest BCUT2D eigenvalue weighted by atomic mass is 35.5. The molecule has 1 heterocycles. The summed E-state index contributed by atoms with van der Waals surface area (Å²) >= 11 is 6.06. The summed E-state index contributed by atoms with van der Waals surface area (Å²) in [7, 11) is 1.08. The number of hydrogen-bond acceptors (Lipinski definition) is 4. The quantitative estimate of drug-likeness (QED) is 0.298. The molecular formula is C20H15ClFNO4. The molecule has 1 aromatic heterocycles. The Morgan fingerprint density at radius 3 is 2.59 bits per heavy atom. The fourth-order valence-corrected chi connectivity index (χ4v) is 2.98. The number of carbonyl (C=O) groups excluding carboxylic acids is 2. The number of hydrogen-bond donors (Lipinski definition) is 2. The van der Waals surface area contributed by atoms with Crippen molar-refractivity contribution in [1.82, 2.24) is 4.98 Å². The maximum Gasteiger partial charge on any atom is 0.378 e. The minimum absolute atomic E-state index is 0.340. The number of fused-ring (bicyclic) bond motifs is 1.